The summed E-state index contributed by atoms with van der Waals surface area (Å²) in [5.74, 6) is 0.997. The second kappa shape index (κ2) is 2.89. The van der Waals surface area contributed by atoms with Crippen LogP contribution >= 0.6 is 9.24 Å². The summed E-state index contributed by atoms with van der Waals surface area (Å²) in [6.45, 7) is 0.941. The molecule has 0 aliphatic carbocycles. The van der Waals surface area contributed by atoms with Crippen LogP contribution in [0, 0.1) is 0 Å². The van der Waals surface area contributed by atoms with Crippen molar-refractivity contribution in [1.29, 1.82) is 0 Å². The quantitative estimate of drug-likeness (QED) is 0.598. The number of nitrogens with zero attached hydrogens (tertiary/aromatic N) is 3. The first-order chi connectivity index (χ1) is 6.86. The van der Waals surface area contributed by atoms with Crippen LogP contribution in [-0.2, 0) is 13.0 Å². The van der Waals surface area contributed by atoms with E-state index in [1.807, 2.05) is 4.68 Å². The van der Waals surface area contributed by atoms with E-state index in [1.165, 1.54) is 16.4 Å². The predicted molar refractivity (Wildman–Crippen MR) is 58.5 cm³/mol. The van der Waals surface area contributed by atoms with Crippen molar-refractivity contribution in [2.45, 2.75) is 13.0 Å². The van der Waals surface area contributed by atoms with E-state index in [0.29, 0.717) is 0 Å². The van der Waals surface area contributed by atoms with Crippen LogP contribution in [0.1, 0.15) is 5.56 Å². The van der Waals surface area contributed by atoms with Crippen LogP contribution < -0.4 is 5.30 Å². The van der Waals surface area contributed by atoms with Gasteiger partial charge in [-0.25, -0.2) is 9.67 Å². The molecule has 0 saturated carbocycles. The third kappa shape index (κ3) is 1.02. The van der Waals surface area contributed by atoms with Crippen LogP contribution in [0.4, 0.5) is 0 Å². The number of rotatable bonds is 0. The van der Waals surface area contributed by atoms with E-state index < -0.39 is 0 Å². The van der Waals surface area contributed by atoms with Crippen molar-refractivity contribution in [2.24, 2.45) is 0 Å². The molecule has 2 heterocycles. The maximum atomic E-state index is 4.30. The zero-order chi connectivity index (χ0) is 9.54. The first kappa shape index (κ1) is 8.13. The van der Waals surface area contributed by atoms with Crippen LogP contribution in [0.5, 0.6) is 0 Å². The van der Waals surface area contributed by atoms with E-state index in [4.69, 9.17) is 0 Å². The summed E-state index contributed by atoms with van der Waals surface area (Å²) in [6.07, 6.45) is 2.68. The van der Waals surface area contributed by atoms with Gasteiger partial charge in [-0.2, -0.15) is 5.10 Å². The van der Waals surface area contributed by atoms with Gasteiger partial charge >= 0.3 is 0 Å². The van der Waals surface area contributed by atoms with Gasteiger partial charge in [-0.05, 0) is 17.3 Å². The molecular weight excluding hydrogens is 193 g/mol. The molecule has 70 valence electrons. The lowest BCUT2D eigenvalue weighted by molar-refractivity contribution is 0.606. The van der Waals surface area contributed by atoms with Crippen molar-refractivity contribution in [3.05, 3.63) is 30.1 Å². The highest BCUT2D eigenvalue weighted by atomic mass is 31.0. The Kier molecular flexibility index (Phi) is 1.68. The fourth-order valence-electron chi connectivity index (χ4n) is 1.95. The topological polar surface area (TPSA) is 30.7 Å². The van der Waals surface area contributed by atoms with E-state index in [0.717, 1.165) is 18.8 Å². The maximum Gasteiger partial charge on any atom is 0.158 e. The summed E-state index contributed by atoms with van der Waals surface area (Å²) in [7, 11) is 2.76. The third-order valence-electron chi connectivity index (χ3n) is 2.62. The van der Waals surface area contributed by atoms with Gasteiger partial charge in [0.15, 0.2) is 5.82 Å². The van der Waals surface area contributed by atoms with Crippen LogP contribution in [0.15, 0.2) is 24.5 Å². The zero-order valence-electron chi connectivity index (χ0n) is 7.64. The molecule has 3 nitrogen and oxygen atoms in total. The molecule has 1 aliphatic heterocycles. The number of aromatic nitrogens is 3. The minimum atomic E-state index is 0.941. The molecule has 0 saturated heterocycles. The minimum absolute atomic E-state index is 0.941. The van der Waals surface area contributed by atoms with Crippen molar-refractivity contribution in [3.8, 4) is 11.4 Å². The second-order valence-electron chi connectivity index (χ2n) is 3.44. The summed E-state index contributed by atoms with van der Waals surface area (Å²) in [5.41, 5.74) is 2.61. The molecule has 1 aromatic carbocycles. The van der Waals surface area contributed by atoms with Gasteiger partial charge < -0.3 is 0 Å². The average Bonchev–Trinajstić information content (AvgIpc) is 2.65. The highest BCUT2D eigenvalue weighted by Crippen LogP contribution is 2.26. The van der Waals surface area contributed by atoms with Crippen molar-refractivity contribution in [2.75, 3.05) is 0 Å². The predicted octanol–water partition coefficient (Wildman–Crippen LogP) is 1.00. The van der Waals surface area contributed by atoms with Gasteiger partial charge in [0.1, 0.15) is 6.33 Å². The SMILES string of the molecule is Pc1cccc2c1-c1ncnn1CC2. The monoisotopic (exact) mass is 203 g/mol. The largest absolute Gasteiger partial charge is 0.245 e. The molecule has 14 heavy (non-hydrogen) atoms. The molecule has 2 aromatic rings. The van der Waals surface area contributed by atoms with E-state index in [-0.39, 0.29) is 0 Å². The van der Waals surface area contributed by atoms with Crippen molar-refractivity contribution in [1.82, 2.24) is 14.8 Å². The van der Waals surface area contributed by atoms with E-state index in [9.17, 15) is 0 Å². The lowest BCUT2D eigenvalue weighted by Crippen LogP contribution is -2.16. The fraction of sp³-hybridized carbons (Fsp3) is 0.200. The summed E-state index contributed by atoms with van der Waals surface area (Å²) in [4.78, 5) is 4.30. The lowest BCUT2D eigenvalue weighted by atomic mass is 10.0. The van der Waals surface area contributed by atoms with Gasteiger partial charge in [0, 0.05) is 12.1 Å². The van der Waals surface area contributed by atoms with Crippen LogP contribution in [0.25, 0.3) is 11.4 Å². The first-order valence-corrected chi connectivity index (χ1v) is 5.19. The third-order valence-corrected chi connectivity index (χ3v) is 3.10. The second-order valence-corrected chi connectivity index (χ2v) is 4.06. The summed E-state index contributed by atoms with van der Waals surface area (Å²) in [5, 5.41) is 5.40. The van der Waals surface area contributed by atoms with Gasteiger partial charge in [0.05, 0.1) is 0 Å². The number of hydrogen-bond donors (Lipinski definition) is 0. The number of benzene rings is 1. The molecule has 3 rings (SSSR count). The number of hydrogen-bond acceptors (Lipinski definition) is 2. The van der Waals surface area contributed by atoms with Gasteiger partial charge in [-0.3, -0.25) is 0 Å². The zero-order valence-corrected chi connectivity index (χ0v) is 8.80. The molecule has 0 radical (unpaired) electrons. The highest BCUT2D eigenvalue weighted by Gasteiger charge is 2.18. The highest BCUT2D eigenvalue weighted by molar-refractivity contribution is 7.28. The molecule has 1 atom stereocenters. The minimum Gasteiger partial charge on any atom is -0.245 e. The molecule has 1 unspecified atom stereocenters. The standard InChI is InChI=1S/C10H10N3P/c14-8-3-1-2-7-4-5-13-10(9(7)8)11-6-12-13/h1-3,6H,4-5,14H2. The Morgan fingerprint density at radius 1 is 1.36 bits per heavy atom. The van der Waals surface area contributed by atoms with E-state index in [1.54, 1.807) is 6.33 Å². The van der Waals surface area contributed by atoms with Crippen molar-refractivity contribution in [3.63, 3.8) is 0 Å². The fourth-order valence-corrected chi connectivity index (χ4v) is 2.37. The molecule has 0 N–H and O–H groups in total. The van der Waals surface area contributed by atoms with Gasteiger partial charge in [-0.1, -0.05) is 18.2 Å². The Hall–Kier alpha value is -1.21. The first-order valence-electron chi connectivity index (χ1n) is 4.62. The van der Waals surface area contributed by atoms with Gasteiger partial charge in [0.25, 0.3) is 0 Å². The Labute approximate surface area is 84.4 Å². The van der Waals surface area contributed by atoms with Crippen molar-refractivity contribution >= 4 is 14.5 Å². The number of fused-ring (bicyclic) bond motifs is 3. The summed E-state index contributed by atoms with van der Waals surface area (Å²) < 4.78 is 1.97. The van der Waals surface area contributed by atoms with Gasteiger partial charge in [-0.15, -0.1) is 9.24 Å². The molecule has 0 bridgehead atoms. The van der Waals surface area contributed by atoms with Crippen molar-refractivity contribution < 1.29 is 0 Å². The van der Waals surface area contributed by atoms with Crippen LogP contribution in [0.2, 0.25) is 0 Å². The Bertz CT molecular complexity index is 490. The van der Waals surface area contributed by atoms with Crippen LogP contribution in [0.3, 0.4) is 0 Å². The molecule has 0 spiro atoms. The molecule has 1 aromatic heterocycles. The Morgan fingerprint density at radius 3 is 3.21 bits per heavy atom. The van der Waals surface area contributed by atoms with Gasteiger partial charge in [0.2, 0.25) is 0 Å². The Morgan fingerprint density at radius 2 is 2.29 bits per heavy atom. The average molecular weight is 203 g/mol. The molecule has 0 amide bonds. The van der Waals surface area contributed by atoms with Crippen LogP contribution in [-0.4, -0.2) is 14.8 Å². The maximum absolute atomic E-state index is 4.30. The number of aryl methyl sites for hydroxylation is 2. The lowest BCUT2D eigenvalue weighted by Gasteiger charge is -2.17. The van der Waals surface area contributed by atoms with E-state index >= 15 is 0 Å². The smallest absolute Gasteiger partial charge is 0.158 e. The summed E-state index contributed by atoms with van der Waals surface area (Å²) in [6, 6.07) is 6.35. The summed E-state index contributed by atoms with van der Waals surface area (Å²) >= 11 is 0. The molecule has 4 heteroatoms. The molecule has 1 aliphatic rings. The molecular formula is C10H10N3P. The van der Waals surface area contributed by atoms with E-state index in [2.05, 4.69) is 37.5 Å². The normalized spacial score (nSPS) is 13.5. The molecule has 0 fully saturated rings. The Balaban J connectivity index is 2.34.